The van der Waals surface area contributed by atoms with Crippen LogP contribution < -0.4 is 14.8 Å². The zero-order valence-electron chi connectivity index (χ0n) is 14.0. The molecule has 0 fully saturated rings. The van der Waals surface area contributed by atoms with Gasteiger partial charge in [-0.15, -0.1) is 6.58 Å². The predicted octanol–water partition coefficient (Wildman–Crippen LogP) is 4.65. The summed E-state index contributed by atoms with van der Waals surface area (Å²) in [5.74, 6) is 0.865. The lowest BCUT2D eigenvalue weighted by Gasteiger charge is -2.15. The summed E-state index contributed by atoms with van der Waals surface area (Å²) in [5, 5.41) is 3.48. The van der Waals surface area contributed by atoms with E-state index in [1.54, 1.807) is 44.6 Å². The van der Waals surface area contributed by atoms with Crippen LogP contribution in [0, 0.1) is 6.92 Å². The van der Waals surface area contributed by atoms with Crippen LogP contribution in [0.15, 0.2) is 43.0 Å². The maximum absolute atomic E-state index is 12.6. The van der Waals surface area contributed by atoms with Crippen LogP contribution in [-0.2, 0) is 6.42 Å². The summed E-state index contributed by atoms with van der Waals surface area (Å²) in [6.45, 7) is 5.60. The van der Waals surface area contributed by atoms with E-state index in [4.69, 9.17) is 21.1 Å². The molecule has 1 amide bonds. The summed E-state index contributed by atoms with van der Waals surface area (Å²) >= 11 is 6.10. The molecule has 2 aromatic carbocycles. The standard InChI is InChI=1S/C19H20ClNO3/c1-5-7-13-10-14(11-17(23-3)18(13)24-4)19(22)21-16-9-6-8-15(20)12(16)2/h5-6,8-11H,1,7H2,2-4H3,(H,21,22). The Hall–Kier alpha value is -2.46. The minimum Gasteiger partial charge on any atom is -0.493 e. The Kier molecular flexibility index (Phi) is 5.88. The highest BCUT2D eigenvalue weighted by atomic mass is 35.5. The van der Waals surface area contributed by atoms with Crippen molar-refractivity contribution in [2.45, 2.75) is 13.3 Å². The van der Waals surface area contributed by atoms with Gasteiger partial charge in [0.2, 0.25) is 0 Å². The van der Waals surface area contributed by atoms with Crippen molar-refractivity contribution < 1.29 is 14.3 Å². The fraction of sp³-hybridized carbons (Fsp3) is 0.211. The second-order valence-corrected chi connectivity index (χ2v) is 5.64. The maximum Gasteiger partial charge on any atom is 0.255 e. The van der Waals surface area contributed by atoms with Gasteiger partial charge in [0.05, 0.1) is 14.2 Å². The summed E-state index contributed by atoms with van der Waals surface area (Å²) in [4.78, 5) is 12.6. The zero-order valence-corrected chi connectivity index (χ0v) is 14.7. The first-order chi connectivity index (χ1) is 11.5. The van der Waals surface area contributed by atoms with E-state index in [9.17, 15) is 4.79 Å². The number of rotatable bonds is 6. The molecule has 4 nitrogen and oxygen atoms in total. The van der Waals surface area contributed by atoms with Gasteiger partial charge < -0.3 is 14.8 Å². The number of allylic oxidation sites excluding steroid dienone is 1. The Morgan fingerprint density at radius 2 is 2.04 bits per heavy atom. The van der Waals surface area contributed by atoms with E-state index in [0.717, 1.165) is 11.1 Å². The van der Waals surface area contributed by atoms with Gasteiger partial charge in [-0.05, 0) is 43.2 Å². The number of benzene rings is 2. The first-order valence-electron chi connectivity index (χ1n) is 7.44. The number of hydrogen-bond acceptors (Lipinski definition) is 3. The number of halogens is 1. The molecule has 0 aliphatic rings. The number of amides is 1. The molecule has 0 saturated carbocycles. The van der Waals surface area contributed by atoms with Crippen LogP contribution in [0.5, 0.6) is 11.5 Å². The largest absolute Gasteiger partial charge is 0.493 e. The highest BCUT2D eigenvalue weighted by Gasteiger charge is 2.16. The van der Waals surface area contributed by atoms with Gasteiger partial charge >= 0.3 is 0 Å². The van der Waals surface area contributed by atoms with Crippen LogP contribution in [0.25, 0.3) is 0 Å². The molecule has 0 atom stereocenters. The van der Waals surface area contributed by atoms with E-state index < -0.39 is 0 Å². The minimum atomic E-state index is -0.244. The molecule has 0 heterocycles. The lowest BCUT2D eigenvalue weighted by molar-refractivity contribution is 0.102. The summed E-state index contributed by atoms with van der Waals surface area (Å²) in [5.41, 5.74) is 2.80. The Bertz CT molecular complexity index is 771. The van der Waals surface area contributed by atoms with Gasteiger partial charge in [-0.1, -0.05) is 23.7 Å². The van der Waals surface area contributed by atoms with Crippen molar-refractivity contribution in [2.24, 2.45) is 0 Å². The summed E-state index contributed by atoms with van der Waals surface area (Å²) in [7, 11) is 3.11. The third-order valence-electron chi connectivity index (χ3n) is 3.70. The molecule has 0 unspecified atom stereocenters. The smallest absolute Gasteiger partial charge is 0.255 e. The lowest BCUT2D eigenvalue weighted by Crippen LogP contribution is -2.14. The monoisotopic (exact) mass is 345 g/mol. The third kappa shape index (κ3) is 3.71. The van der Waals surface area contributed by atoms with Crippen molar-refractivity contribution in [3.63, 3.8) is 0 Å². The van der Waals surface area contributed by atoms with Gasteiger partial charge in [-0.3, -0.25) is 4.79 Å². The summed E-state index contributed by atoms with van der Waals surface area (Å²) < 4.78 is 10.7. The van der Waals surface area contributed by atoms with Crippen molar-refractivity contribution in [1.82, 2.24) is 0 Å². The van der Waals surface area contributed by atoms with E-state index in [-0.39, 0.29) is 5.91 Å². The van der Waals surface area contributed by atoms with E-state index in [2.05, 4.69) is 11.9 Å². The zero-order chi connectivity index (χ0) is 17.7. The number of nitrogens with one attached hydrogen (secondary N) is 1. The molecule has 5 heteroatoms. The van der Waals surface area contributed by atoms with E-state index in [0.29, 0.717) is 34.2 Å². The second kappa shape index (κ2) is 7.88. The van der Waals surface area contributed by atoms with Gasteiger partial charge in [0, 0.05) is 21.8 Å². The highest BCUT2D eigenvalue weighted by Crippen LogP contribution is 2.33. The topological polar surface area (TPSA) is 47.6 Å². The van der Waals surface area contributed by atoms with Crippen molar-refractivity contribution >= 4 is 23.2 Å². The van der Waals surface area contributed by atoms with Crippen molar-refractivity contribution in [3.05, 3.63) is 64.7 Å². The quantitative estimate of drug-likeness (QED) is 0.775. The van der Waals surface area contributed by atoms with E-state index in [1.165, 1.54) is 0 Å². The van der Waals surface area contributed by atoms with Gasteiger partial charge in [-0.2, -0.15) is 0 Å². The molecule has 2 aromatic rings. The fourth-order valence-electron chi connectivity index (χ4n) is 2.42. The van der Waals surface area contributed by atoms with Crippen LogP contribution in [0.1, 0.15) is 21.5 Å². The predicted molar refractivity (Wildman–Crippen MR) is 97.6 cm³/mol. The Labute approximate surface area is 147 Å². The molecule has 2 rings (SSSR count). The van der Waals surface area contributed by atoms with Crippen LogP contribution >= 0.6 is 11.6 Å². The molecule has 0 radical (unpaired) electrons. The SMILES string of the molecule is C=CCc1cc(C(=O)Nc2cccc(Cl)c2C)cc(OC)c1OC. The second-order valence-electron chi connectivity index (χ2n) is 5.23. The third-order valence-corrected chi connectivity index (χ3v) is 4.11. The molecule has 24 heavy (non-hydrogen) atoms. The first-order valence-corrected chi connectivity index (χ1v) is 7.81. The normalized spacial score (nSPS) is 10.2. The molecular formula is C19H20ClNO3. The van der Waals surface area contributed by atoms with Crippen LogP contribution in [0.3, 0.4) is 0 Å². The summed E-state index contributed by atoms with van der Waals surface area (Å²) in [6, 6.07) is 8.82. The molecule has 0 aliphatic carbocycles. The summed E-state index contributed by atoms with van der Waals surface area (Å²) in [6.07, 6.45) is 2.32. The van der Waals surface area contributed by atoms with Gasteiger partial charge in [-0.25, -0.2) is 0 Å². The molecule has 126 valence electrons. The molecule has 1 N–H and O–H groups in total. The van der Waals surface area contributed by atoms with Crippen molar-refractivity contribution in [2.75, 3.05) is 19.5 Å². The Morgan fingerprint density at radius 1 is 1.29 bits per heavy atom. The van der Waals surface area contributed by atoms with Gasteiger partial charge in [0.25, 0.3) is 5.91 Å². The number of carbonyl (C=O) groups is 1. The number of anilines is 1. The molecule has 0 aromatic heterocycles. The molecule has 0 aliphatic heterocycles. The number of hydrogen-bond donors (Lipinski definition) is 1. The number of carbonyl (C=O) groups excluding carboxylic acids is 1. The molecule has 0 saturated heterocycles. The Morgan fingerprint density at radius 3 is 2.67 bits per heavy atom. The first kappa shape index (κ1) is 17.9. The number of ether oxygens (including phenoxy) is 2. The minimum absolute atomic E-state index is 0.244. The number of methoxy groups -OCH3 is 2. The average Bonchev–Trinajstić information content (AvgIpc) is 2.58. The lowest BCUT2D eigenvalue weighted by atomic mass is 10.0. The molecule has 0 spiro atoms. The Balaban J connectivity index is 2.40. The van der Waals surface area contributed by atoms with Crippen molar-refractivity contribution in [3.8, 4) is 11.5 Å². The van der Waals surface area contributed by atoms with Crippen LogP contribution in [0.2, 0.25) is 5.02 Å². The average molecular weight is 346 g/mol. The van der Waals surface area contributed by atoms with Gasteiger partial charge in [0.15, 0.2) is 11.5 Å². The van der Waals surface area contributed by atoms with E-state index in [1.807, 2.05) is 13.0 Å². The molecular weight excluding hydrogens is 326 g/mol. The van der Waals surface area contributed by atoms with Crippen molar-refractivity contribution in [1.29, 1.82) is 0 Å². The van der Waals surface area contributed by atoms with E-state index >= 15 is 0 Å². The maximum atomic E-state index is 12.6. The molecule has 0 bridgehead atoms. The van der Waals surface area contributed by atoms with Gasteiger partial charge in [0.1, 0.15) is 0 Å². The fourth-order valence-corrected chi connectivity index (χ4v) is 2.59. The highest BCUT2D eigenvalue weighted by molar-refractivity contribution is 6.31. The van der Waals surface area contributed by atoms with Crippen LogP contribution in [-0.4, -0.2) is 20.1 Å². The van der Waals surface area contributed by atoms with Crippen LogP contribution in [0.4, 0.5) is 5.69 Å².